The van der Waals surface area contributed by atoms with Crippen LogP contribution in [0.25, 0.3) is 0 Å². The van der Waals surface area contributed by atoms with Crippen LogP contribution in [0.2, 0.25) is 5.02 Å². The standard InChI is InChI=1S/C14H21ClN2O2/c1-10(2)5-7-19-8-6-17-14(18)12-4-3-11(15)9-13(12)16/h3-4,9-10H,5-8,16H2,1-2H3,(H,17,18). The van der Waals surface area contributed by atoms with Crippen molar-refractivity contribution in [3.63, 3.8) is 0 Å². The molecule has 0 fully saturated rings. The summed E-state index contributed by atoms with van der Waals surface area (Å²) >= 11 is 5.78. The molecule has 0 aliphatic heterocycles. The molecule has 0 aliphatic carbocycles. The van der Waals surface area contributed by atoms with Crippen molar-refractivity contribution in [3.05, 3.63) is 28.8 Å². The number of carbonyl (C=O) groups is 1. The molecule has 1 rings (SSSR count). The predicted octanol–water partition coefficient (Wildman–Crippen LogP) is 2.71. The van der Waals surface area contributed by atoms with E-state index in [9.17, 15) is 4.79 Å². The van der Waals surface area contributed by atoms with Crippen LogP contribution >= 0.6 is 11.6 Å². The molecule has 4 nitrogen and oxygen atoms in total. The minimum absolute atomic E-state index is 0.207. The summed E-state index contributed by atoms with van der Waals surface area (Å²) in [4.78, 5) is 11.8. The Morgan fingerprint density at radius 2 is 2.16 bits per heavy atom. The van der Waals surface area contributed by atoms with Crippen molar-refractivity contribution in [2.24, 2.45) is 5.92 Å². The Bertz CT molecular complexity index is 422. The van der Waals surface area contributed by atoms with Crippen molar-refractivity contribution in [2.45, 2.75) is 20.3 Å². The Hall–Kier alpha value is -1.26. The van der Waals surface area contributed by atoms with E-state index >= 15 is 0 Å². The number of nitrogen functional groups attached to an aromatic ring is 1. The molecule has 0 aromatic heterocycles. The highest BCUT2D eigenvalue weighted by Crippen LogP contribution is 2.17. The van der Waals surface area contributed by atoms with Crippen LogP contribution in [0.4, 0.5) is 5.69 Å². The van der Waals surface area contributed by atoms with Crippen LogP contribution in [0.3, 0.4) is 0 Å². The van der Waals surface area contributed by atoms with E-state index in [0.29, 0.717) is 35.3 Å². The van der Waals surface area contributed by atoms with Crippen molar-refractivity contribution in [1.29, 1.82) is 0 Å². The number of benzene rings is 1. The van der Waals surface area contributed by atoms with Crippen LogP contribution in [0.15, 0.2) is 18.2 Å². The monoisotopic (exact) mass is 284 g/mol. The van der Waals surface area contributed by atoms with E-state index in [4.69, 9.17) is 22.1 Å². The minimum atomic E-state index is -0.207. The van der Waals surface area contributed by atoms with Gasteiger partial charge in [-0.2, -0.15) is 0 Å². The number of halogens is 1. The van der Waals surface area contributed by atoms with E-state index in [0.717, 1.165) is 13.0 Å². The Morgan fingerprint density at radius 3 is 2.79 bits per heavy atom. The fraction of sp³-hybridized carbons (Fsp3) is 0.500. The molecule has 0 aliphatic rings. The number of nitrogens with two attached hydrogens (primary N) is 1. The lowest BCUT2D eigenvalue weighted by molar-refractivity contribution is 0.0906. The van der Waals surface area contributed by atoms with E-state index in [1.165, 1.54) is 0 Å². The number of carbonyl (C=O) groups excluding carboxylic acids is 1. The summed E-state index contributed by atoms with van der Waals surface area (Å²) < 4.78 is 5.41. The van der Waals surface area contributed by atoms with Gasteiger partial charge in [0.2, 0.25) is 0 Å². The third-order valence-corrected chi connectivity index (χ3v) is 2.86. The van der Waals surface area contributed by atoms with E-state index in [2.05, 4.69) is 19.2 Å². The van der Waals surface area contributed by atoms with Gasteiger partial charge in [-0.25, -0.2) is 0 Å². The van der Waals surface area contributed by atoms with Crippen molar-refractivity contribution in [2.75, 3.05) is 25.5 Å². The topological polar surface area (TPSA) is 64.3 Å². The maximum Gasteiger partial charge on any atom is 0.253 e. The maximum absolute atomic E-state index is 11.8. The highest BCUT2D eigenvalue weighted by molar-refractivity contribution is 6.31. The predicted molar refractivity (Wildman–Crippen MR) is 78.5 cm³/mol. The fourth-order valence-corrected chi connectivity index (χ4v) is 1.67. The summed E-state index contributed by atoms with van der Waals surface area (Å²) in [6, 6.07) is 4.83. The molecule has 5 heteroatoms. The van der Waals surface area contributed by atoms with Gasteiger partial charge in [-0.3, -0.25) is 4.79 Å². The summed E-state index contributed by atoms with van der Waals surface area (Å²) in [6.07, 6.45) is 1.03. The average Bonchev–Trinajstić information content (AvgIpc) is 2.32. The summed E-state index contributed by atoms with van der Waals surface area (Å²) in [5, 5.41) is 3.28. The number of hydrogen-bond acceptors (Lipinski definition) is 3. The van der Waals surface area contributed by atoms with Gasteiger partial charge in [0.15, 0.2) is 0 Å². The van der Waals surface area contributed by atoms with Gasteiger partial charge < -0.3 is 15.8 Å². The number of amides is 1. The summed E-state index contributed by atoms with van der Waals surface area (Å²) in [7, 11) is 0. The first-order valence-electron chi connectivity index (χ1n) is 6.41. The molecule has 0 unspecified atom stereocenters. The fourth-order valence-electron chi connectivity index (χ4n) is 1.49. The van der Waals surface area contributed by atoms with Crippen molar-refractivity contribution < 1.29 is 9.53 Å². The Kier molecular flexibility index (Phi) is 6.67. The second kappa shape index (κ2) is 8.02. The lowest BCUT2D eigenvalue weighted by atomic mass is 10.1. The number of hydrogen-bond donors (Lipinski definition) is 2. The third kappa shape index (κ3) is 5.94. The van der Waals surface area contributed by atoms with Crippen LogP contribution in [-0.2, 0) is 4.74 Å². The molecule has 19 heavy (non-hydrogen) atoms. The Balaban J connectivity index is 2.28. The average molecular weight is 285 g/mol. The first kappa shape index (κ1) is 15.8. The normalized spacial score (nSPS) is 10.7. The van der Waals surface area contributed by atoms with Crippen LogP contribution in [-0.4, -0.2) is 25.7 Å². The zero-order chi connectivity index (χ0) is 14.3. The number of ether oxygens (including phenoxy) is 1. The van der Waals surface area contributed by atoms with Crippen LogP contribution in [0.1, 0.15) is 30.6 Å². The van der Waals surface area contributed by atoms with Gasteiger partial charge in [0, 0.05) is 23.9 Å². The van der Waals surface area contributed by atoms with Crippen molar-refractivity contribution in [3.8, 4) is 0 Å². The lowest BCUT2D eigenvalue weighted by Crippen LogP contribution is -2.28. The third-order valence-electron chi connectivity index (χ3n) is 2.63. The molecule has 0 heterocycles. The Labute approximate surface area is 119 Å². The van der Waals surface area contributed by atoms with Gasteiger partial charge in [-0.15, -0.1) is 0 Å². The van der Waals surface area contributed by atoms with E-state index < -0.39 is 0 Å². The van der Waals surface area contributed by atoms with Gasteiger partial charge in [-0.05, 0) is 30.5 Å². The number of nitrogens with one attached hydrogen (secondary N) is 1. The van der Waals surface area contributed by atoms with Crippen molar-refractivity contribution >= 4 is 23.2 Å². The minimum Gasteiger partial charge on any atom is -0.398 e. The Morgan fingerprint density at radius 1 is 1.42 bits per heavy atom. The van der Waals surface area contributed by atoms with Gasteiger partial charge in [0.1, 0.15) is 0 Å². The molecular weight excluding hydrogens is 264 g/mol. The van der Waals surface area contributed by atoms with Crippen LogP contribution in [0, 0.1) is 5.92 Å². The molecule has 3 N–H and O–H groups in total. The van der Waals surface area contributed by atoms with Crippen LogP contribution < -0.4 is 11.1 Å². The van der Waals surface area contributed by atoms with Crippen molar-refractivity contribution in [1.82, 2.24) is 5.32 Å². The first-order chi connectivity index (χ1) is 9.00. The molecule has 0 saturated heterocycles. The second-order valence-corrected chi connectivity index (χ2v) is 5.22. The SMILES string of the molecule is CC(C)CCOCCNC(=O)c1ccc(Cl)cc1N. The highest BCUT2D eigenvalue weighted by Gasteiger charge is 2.09. The molecule has 106 valence electrons. The second-order valence-electron chi connectivity index (χ2n) is 4.78. The molecule has 0 radical (unpaired) electrons. The maximum atomic E-state index is 11.8. The zero-order valence-corrected chi connectivity index (χ0v) is 12.2. The molecular formula is C14H21ClN2O2. The molecule has 0 saturated carbocycles. The van der Waals surface area contributed by atoms with Gasteiger partial charge in [-0.1, -0.05) is 25.4 Å². The quantitative estimate of drug-likeness (QED) is 0.598. The molecule has 1 amide bonds. The molecule has 0 atom stereocenters. The summed E-state index contributed by atoms with van der Waals surface area (Å²) in [5.41, 5.74) is 6.55. The lowest BCUT2D eigenvalue weighted by Gasteiger charge is -2.09. The largest absolute Gasteiger partial charge is 0.398 e. The smallest absolute Gasteiger partial charge is 0.253 e. The molecule has 0 bridgehead atoms. The molecule has 1 aromatic rings. The van der Waals surface area contributed by atoms with E-state index in [1.54, 1.807) is 18.2 Å². The van der Waals surface area contributed by atoms with Gasteiger partial charge >= 0.3 is 0 Å². The molecule has 1 aromatic carbocycles. The zero-order valence-electron chi connectivity index (χ0n) is 11.4. The number of anilines is 1. The van der Waals surface area contributed by atoms with E-state index in [1.807, 2.05) is 0 Å². The number of rotatable bonds is 7. The van der Waals surface area contributed by atoms with E-state index in [-0.39, 0.29) is 5.91 Å². The van der Waals surface area contributed by atoms with Crippen LogP contribution in [0.5, 0.6) is 0 Å². The molecule has 0 spiro atoms. The van der Waals surface area contributed by atoms with Gasteiger partial charge in [0.25, 0.3) is 5.91 Å². The van der Waals surface area contributed by atoms with Gasteiger partial charge in [0.05, 0.1) is 12.2 Å². The highest BCUT2D eigenvalue weighted by atomic mass is 35.5. The first-order valence-corrected chi connectivity index (χ1v) is 6.79. The summed E-state index contributed by atoms with van der Waals surface area (Å²) in [5.74, 6) is 0.421. The summed E-state index contributed by atoms with van der Waals surface area (Å²) in [6.45, 7) is 5.99.